The Bertz CT molecular complexity index is 1110. The predicted molar refractivity (Wildman–Crippen MR) is 270 cm³/mol. The molecule has 0 bridgehead atoms. The van der Waals surface area contributed by atoms with Crippen molar-refractivity contribution in [2.75, 3.05) is 13.2 Å². The molecule has 0 amide bonds. The van der Waals surface area contributed by atoms with Crippen LogP contribution in [0.3, 0.4) is 0 Å². The largest absolute Gasteiger partial charge is 0.462 e. The molecular formula is C57H102O6. The fraction of sp³-hybridized carbons (Fsp3) is 0.807. The molecule has 0 aliphatic rings. The molecule has 0 unspecified atom stereocenters. The van der Waals surface area contributed by atoms with Gasteiger partial charge in [-0.15, -0.1) is 0 Å². The standard InChI is InChI=1S/C57H102O6/c1-4-7-10-13-16-19-22-25-28-30-32-35-38-41-44-47-50-56(59)62-53-54(52-61-55(58)49-46-43-40-37-34-31-27-24-21-18-15-12-9-6-3)63-57(60)51-48-45-42-39-36-33-29-26-23-20-17-14-11-8-5-2/h8,11,17,20,26,29,36,39,54H,4-7,9-10,12-16,18-19,21-25,27-28,30-35,37-38,40-53H2,1-3H3/b11-8-,20-17-,29-26-,39-36-/t54-/m1/s1. The van der Waals surface area contributed by atoms with Gasteiger partial charge in [0, 0.05) is 19.3 Å². The molecule has 6 nitrogen and oxygen atoms in total. The Labute approximate surface area is 390 Å². The second kappa shape index (κ2) is 52.0. The Morgan fingerprint density at radius 2 is 0.619 bits per heavy atom. The number of allylic oxidation sites excluding steroid dienone is 8. The Hall–Kier alpha value is -2.63. The third kappa shape index (κ3) is 50.2. The van der Waals surface area contributed by atoms with E-state index in [4.69, 9.17) is 14.2 Å². The van der Waals surface area contributed by atoms with Gasteiger partial charge in [-0.2, -0.15) is 0 Å². The highest BCUT2D eigenvalue weighted by molar-refractivity contribution is 5.71. The van der Waals surface area contributed by atoms with Crippen LogP contribution in [0.25, 0.3) is 0 Å². The maximum atomic E-state index is 12.8. The van der Waals surface area contributed by atoms with Crippen LogP contribution in [0.15, 0.2) is 48.6 Å². The first kappa shape index (κ1) is 60.4. The highest BCUT2D eigenvalue weighted by Gasteiger charge is 2.19. The van der Waals surface area contributed by atoms with Crippen molar-refractivity contribution >= 4 is 17.9 Å². The molecule has 0 aromatic carbocycles. The van der Waals surface area contributed by atoms with Gasteiger partial charge in [-0.05, 0) is 57.8 Å². The molecule has 0 rings (SSSR count). The van der Waals surface area contributed by atoms with Gasteiger partial charge < -0.3 is 14.2 Å². The van der Waals surface area contributed by atoms with Gasteiger partial charge in [-0.25, -0.2) is 0 Å². The average Bonchev–Trinajstić information content (AvgIpc) is 3.28. The number of ether oxygens (including phenoxy) is 3. The molecule has 366 valence electrons. The molecule has 0 N–H and O–H groups in total. The summed E-state index contributed by atoms with van der Waals surface area (Å²) in [4.78, 5) is 38.0. The van der Waals surface area contributed by atoms with Gasteiger partial charge in [0.25, 0.3) is 0 Å². The van der Waals surface area contributed by atoms with Crippen molar-refractivity contribution in [3.05, 3.63) is 48.6 Å². The van der Waals surface area contributed by atoms with Crippen LogP contribution in [-0.4, -0.2) is 37.2 Å². The zero-order chi connectivity index (χ0) is 45.8. The summed E-state index contributed by atoms with van der Waals surface area (Å²) in [5.74, 6) is -0.914. The van der Waals surface area contributed by atoms with E-state index in [2.05, 4.69) is 69.4 Å². The van der Waals surface area contributed by atoms with E-state index in [0.717, 1.165) is 77.0 Å². The van der Waals surface area contributed by atoms with Crippen molar-refractivity contribution in [1.29, 1.82) is 0 Å². The van der Waals surface area contributed by atoms with Gasteiger partial charge >= 0.3 is 17.9 Å². The Morgan fingerprint density at radius 3 is 0.968 bits per heavy atom. The van der Waals surface area contributed by atoms with Crippen LogP contribution in [0.2, 0.25) is 0 Å². The van der Waals surface area contributed by atoms with Crippen molar-refractivity contribution < 1.29 is 28.6 Å². The zero-order valence-corrected chi connectivity index (χ0v) is 41.8. The molecule has 1 atom stereocenters. The summed E-state index contributed by atoms with van der Waals surface area (Å²) in [6, 6.07) is 0. The normalized spacial score (nSPS) is 12.4. The number of hydrogen-bond acceptors (Lipinski definition) is 6. The minimum Gasteiger partial charge on any atom is -0.462 e. The van der Waals surface area contributed by atoms with E-state index < -0.39 is 6.10 Å². The summed E-state index contributed by atoms with van der Waals surface area (Å²) in [7, 11) is 0. The summed E-state index contributed by atoms with van der Waals surface area (Å²) in [5, 5.41) is 0. The first-order valence-electron chi connectivity index (χ1n) is 27.1. The smallest absolute Gasteiger partial charge is 0.306 e. The van der Waals surface area contributed by atoms with Crippen LogP contribution in [0, 0.1) is 0 Å². The highest BCUT2D eigenvalue weighted by Crippen LogP contribution is 2.16. The van der Waals surface area contributed by atoms with Crippen LogP contribution in [-0.2, 0) is 28.6 Å². The van der Waals surface area contributed by atoms with E-state index in [1.807, 2.05) is 0 Å². The molecule has 0 saturated heterocycles. The topological polar surface area (TPSA) is 78.9 Å². The van der Waals surface area contributed by atoms with E-state index in [1.54, 1.807) is 0 Å². The third-order valence-corrected chi connectivity index (χ3v) is 11.8. The van der Waals surface area contributed by atoms with E-state index in [-0.39, 0.29) is 37.5 Å². The number of unbranched alkanes of at least 4 members (excludes halogenated alkanes) is 30. The molecule has 0 aromatic rings. The van der Waals surface area contributed by atoms with Crippen LogP contribution < -0.4 is 0 Å². The number of carbonyl (C=O) groups excluding carboxylic acids is 3. The lowest BCUT2D eigenvalue weighted by molar-refractivity contribution is -0.167. The second-order valence-electron chi connectivity index (χ2n) is 18.1. The molecule has 63 heavy (non-hydrogen) atoms. The van der Waals surface area contributed by atoms with Crippen LogP contribution in [0.4, 0.5) is 0 Å². The Morgan fingerprint density at radius 1 is 0.333 bits per heavy atom. The summed E-state index contributed by atoms with van der Waals surface area (Å²) in [5.41, 5.74) is 0. The minimum absolute atomic E-state index is 0.0858. The summed E-state index contributed by atoms with van der Waals surface area (Å²) in [6.45, 7) is 6.52. The number of hydrogen-bond donors (Lipinski definition) is 0. The van der Waals surface area contributed by atoms with Crippen LogP contribution in [0.5, 0.6) is 0 Å². The lowest BCUT2D eigenvalue weighted by atomic mass is 10.0. The fourth-order valence-corrected chi connectivity index (χ4v) is 7.79. The van der Waals surface area contributed by atoms with E-state index in [0.29, 0.717) is 19.3 Å². The number of rotatable bonds is 49. The number of carbonyl (C=O) groups is 3. The monoisotopic (exact) mass is 883 g/mol. The molecule has 0 spiro atoms. The molecule has 0 aliphatic carbocycles. The first-order valence-corrected chi connectivity index (χ1v) is 27.1. The van der Waals surface area contributed by atoms with Crippen LogP contribution in [0.1, 0.15) is 278 Å². The van der Waals surface area contributed by atoms with Gasteiger partial charge in [0.2, 0.25) is 0 Å². The molecule has 0 heterocycles. The third-order valence-electron chi connectivity index (χ3n) is 11.8. The summed E-state index contributed by atoms with van der Waals surface area (Å²) < 4.78 is 16.8. The van der Waals surface area contributed by atoms with E-state index >= 15 is 0 Å². The second-order valence-corrected chi connectivity index (χ2v) is 18.1. The molecule has 0 aliphatic heterocycles. The molecule has 0 fully saturated rings. The summed E-state index contributed by atoms with van der Waals surface area (Å²) >= 11 is 0. The molecule has 0 aromatic heterocycles. The maximum Gasteiger partial charge on any atom is 0.306 e. The van der Waals surface area contributed by atoms with Gasteiger partial charge in [-0.3, -0.25) is 14.4 Å². The van der Waals surface area contributed by atoms with E-state index in [9.17, 15) is 14.4 Å². The first-order chi connectivity index (χ1) is 31.0. The predicted octanol–water partition coefficient (Wildman–Crippen LogP) is 17.9. The van der Waals surface area contributed by atoms with Crippen molar-refractivity contribution in [3.8, 4) is 0 Å². The van der Waals surface area contributed by atoms with Gasteiger partial charge in [0.1, 0.15) is 13.2 Å². The van der Waals surface area contributed by atoms with Crippen molar-refractivity contribution in [2.45, 2.75) is 284 Å². The van der Waals surface area contributed by atoms with Crippen molar-refractivity contribution in [2.24, 2.45) is 0 Å². The molecular weight excluding hydrogens is 781 g/mol. The Balaban J connectivity index is 4.40. The van der Waals surface area contributed by atoms with Crippen LogP contribution >= 0.6 is 0 Å². The molecule has 6 heteroatoms. The zero-order valence-electron chi connectivity index (χ0n) is 41.8. The minimum atomic E-state index is -0.790. The SMILES string of the molecule is CC/C=C\C/C=C\C/C=C\C/C=C\CCCCC(=O)O[C@H](COC(=O)CCCCCCCCCCCCCCCC)COC(=O)CCCCCCCCCCCCCCCCCC. The molecule has 0 radical (unpaired) electrons. The van der Waals surface area contributed by atoms with Crippen molar-refractivity contribution in [1.82, 2.24) is 0 Å². The quantitative estimate of drug-likeness (QED) is 0.0262. The van der Waals surface area contributed by atoms with Gasteiger partial charge in [0.05, 0.1) is 0 Å². The van der Waals surface area contributed by atoms with Crippen molar-refractivity contribution in [3.63, 3.8) is 0 Å². The summed E-state index contributed by atoms with van der Waals surface area (Å²) in [6.07, 6.45) is 62.4. The average molecular weight is 883 g/mol. The Kier molecular flexibility index (Phi) is 49.8. The van der Waals surface area contributed by atoms with Gasteiger partial charge in [0.15, 0.2) is 6.10 Å². The molecule has 0 saturated carbocycles. The highest BCUT2D eigenvalue weighted by atomic mass is 16.6. The fourth-order valence-electron chi connectivity index (χ4n) is 7.79. The number of esters is 3. The maximum absolute atomic E-state index is 12.8. The van der Waals surface area contributed by atoms with E-state index in [1.165, 1.54) is 154 Å². The van der Waals surface area contributed by atoms with Gasteiger partial charge in [-0.1, -0.05) is 249 Å². The lowest BCUT2D eigenvalue weighted by Gasteiger charge is -2.18. The lowest BCUT2D eigenvalue weighted by Crippen LogP contribution is -2.30.